The molecule has 0 radical (unpaired) electrons. The fraction of sp³-hybridized carbons (Fsp3) is 0.529. The molecule has 0 saturated heterocycles. The van der Waals surface area contributed by atoms with E-state index in [0.29, 0.717) is 18.9 Å². The summed E-state index contributed by atoms with van der Waals surface area (Å²) in [5, 5.41) is 8.68. The number of aliphatic hydroxyl groups excluding tert-OH is 1. The maximum atomic E-state index is 13.7. The lowest BCUT2D eigenvalue weighted by molar-refractivity contribution is 0.202. The highest BCUT2D eigenvalue weighted by Gasteiger charge is 2.15. The van der Waals surface area contributed by atoms with Crippen LogP contribution in [0.1, 0.15) is 44.1 Å². The Kier molecular flexibility index (Phi) is 5.88. The van der Waals surface area contributed by atoms with Gasteiger partial charge >= 0.3 is 0 Å². The first-order chi connectivity index (χ1) is 9.79. The van der Waals surface area contributed by atoms with E-state index in [1.165, 1.54) is 38.2 Å². The Bertz CT molecular complexity index is 481. The van der Waals surface area contributed by atoms with Crippen molar-refractivity contribution < 1.29 is 14.2 Å². The SMILES string of the molecule is OCCC#Cc1ccc(F)c(OCC2CCCCC2)c1. The maximum Gasteiger partial charge on any atom is 0.165 e. The molecular weight excluding hydrogens is 255 g/mol. The van der Waals surface area contributed by atoms with Gasteiger partial charge in [0.05, 0.1) is 13.2 Å². The maximum absolute atomic E-state index is 13.7. The fourth-order valence-corrected chi connectivity index (χ4v) is 2.47. The van der Waals surface area contributed by atoms with Gasteiger partial charge in [-0.05, 0) is 37.0 Å². The molecule has 0 spiro atoms. The number of halogens is 1. The third kappa shape index (κ3) is 4.54. The summed E-state index contributed by atoms with van der Waals surface area (Å²) < 4.78 is 19.3. The van der Waals surface area contributed by atoms with Crippen LogP contribution < -0.4 is 4.74 Å². The van der Waals surface area contributed by atoms with Gasteiger partial charge in [0.1, 0.15) is 0 Å². The van der Waals surface area contributed by atoms with Crippen LogP contribution in [0.15, 0.2) is 18.2 Å². The molecule has 2 nitrogen and oxygen atoms in total. The molecule has 1 aliphatic carbocycles. The van der Waals surface area contributed by atoms with Crippen LogP contribution in [0.3, 0.4) is 0 Å². The predicted octanol–water partition coefficient (Wildman–Crippen LogP) is 3.52. The molecule has 1 saturated carbocycles. The quantitative estimate of drug-likeness (QED) is 0.853. The van der Waals surface area contributed by atoms with Crippen LogP contribution in [0.5, 0.6) is 5.75 Å². The Balaban J connectivity index is 1.95. The number of rotatable bonds is 4. The lowest BCUT2D eigenvalue weighted by Crippen LogP contribution is -2.15. The highest BCUT2D eigenvalue weighted by molar-refractivity contribution is 5.40. The van der Waals surface area contributed by atoms with Crippen molar-refractivity contribution in [2.45, 2.75) is 38.5 Å². The Morgan fingerprint density at radius 3 is 2.80 bits per heavy atom. The summed E-state index contributed by atoms with van der Waals surface area (Å²) >= 11 is 0. The number of aliphatic hydroxyl groups is 1. The van der Waals surface area contributed by atoms with Gasteiger partial charge in [0.2, 0.25) is 0 Å². The number of hydrogen-bond donors (Lipinski definition) is 1. The Labute approximate surface area is 120 Å². The van der Waals surface area contributed by atoms with E-state index in [9.17, 15) is 4.39 Å². The van der Waals surface area contributed by atoms with E-state index < -0.39 is 0 Å². The van der Waals surface area contributed by atoms with E-state index in [4.69, 9.17) is 9.84 Å². The molecule has 0 amide bonds. The highest BCUT2D eigenvalue weighted by atomic mass is 19.1. The standard InChI is InChI=1S/C17H21FO2/c18-16-10-9-14(6-4-5-11-19)12-17(16)20-13-15-7-2-1-3-8-15/h9-10,12,15,19H,1-3,5,7-8,11,13H2. The van der Waals surface area contributed by atoms with Crippen LogP contribution in [-0.4, -0.2) is 18.3 Å². The molecule has 0 heterocycles. The third-order valence-electron chi connectivity index (χ3n) is 3.60. The zero-order valence-corrected chi connectivity index (χ0v) is 11.7. The van der Waals surface area contributed by atoms with Crippen molar-refractivity contribution in [1.29, 1.82) is 0 Å². The monoisotopic (exact) mass is 276 g/mol. The Morgan fingerprint density at radius 2 is 2.05 bits per heavy atom. The molecule has 108 valence electrons. The smallest absolute Gasteiger partial charge is 0.165 e. The topological polar surface area (TPSA) is 29.5 Å². The second kappa shape index (κ2) is 7.91. The van der Waals surface area contributed by atoms with Crippen molar-refractivity contribution in [3.05, 3.63) is 29.6 Å². The summed E-state index contributed by atoms with van der Waals surface area (Å²) in [6.07, 6.45) is 6.60. The number of hydrogen-bond acceptors (Lipinski definition) is 2. The lowest BCUT2D eigenvalue weighted by atomic mass is 9.90. The first-order valence-corrected chi connectivity index (χ1v) is 7.31. The third-order valence-corrected chi connectivity index (χ3v) is 3.60. The van der Waals surface area contributed by atoms with Crippen LogP contribution in [0, 0.1) is 23.6 Å². The van der Waals surface area contributed by atoms with Gasteiger partial charge in [-0.25, -0.2) is 4.39 Å². The molecule has 0 bridgehead atoms. The molecule has 1 N–H and O–H groups in total. The van der Waals surface area contributed by atoms with Crippen LogP contribution in [0.2, 0.25) is 0 Å². The van der Waals surface area contributed by atoms with E-state index in [0.717, 1.165) is 5.56 Å². The summed E-state index contributed by atoms with van der Waals surface area (Å²) in [4.78, 5) is 0. The molecular formula is C17H21FO2. The second-order valence-corrected chi connectivity index (χ2v) is 5.24. The largest absolute Gasteiger partial charge is 0.490 e. The zero-order chi connectivity index (χ0) is 14.2. The Morgan fingerprint density at radius 1 is 1.25 bits per heavy atom. The highest BCUT2D eigenvalue weighted by Crippen LogP contribution is 2.26. The van der Waals surface area contributed by atoms with E-state index in [1.807, 2.05) is 0 Å². The Hall–Kier alpha value is -1.53. The minimum atomic E-state index is -0.339. The molecule has 0 aliphatic heterocycles. The van der Waals surface area contributed by atoms with Crippen molar-refractivity contribution in [2.24, 2.45) is 5.92 Å². The summed E-state index contributed by atoms with van der Waals surface area (Å²) in [6.45, 7) is 0.629. The molecule has 0 atom stereocenters. The summed E-state index contributed by atoms with van der Waals surface area (Å²) in [7, 11) is 0. The van der Waals surface area contributed by atoms with Crippen molar-refractivity contribution in [3.63, 3.8) is 0 Å². The summed E-state index contributed by atoms with van der Waals surface area (Å²) in [5.41, 5.74) is 0.721. The van der Waals surface area contributed by atoms with Gasteiger partial charge in [0.25, 0.3) is 0 Å². The van der Waals surface area contributed by atoms with Crippen molar-refractivity contribution in [3.8, 4) is 17.6 Å². The number of benzene rings is 1. The molecule has 1 fully saturated rings. The van der Waals surface area contributed by atoms with Crippen LogP contribution in [0.25, 0.3) is 0 Å². The van der Waals surface area contributed by atoms with Crippen molar-refractivity contribution in [2.75, 3.05) is 13.2 Å². The molecule has 0 aromatic heterocycles. The van der Waals surface area contributed by atoms with E-state index >= 15 is 0 Å². The zero-order valence-electron chi connectivity index (χ0n) is 11.7. The second-order valence-electron chi connectivity index (χ2n) is 5.24. The normalized spacial score (nSPS) is 15.5. The molecule has 1 aromatic rings. The van der Waals surface area contributed by atoms with E-state index in [-0.39, 0.29) is 18.2 Å². The molecule has 20 heavy (non-hydrogen) atoms. The lowest BCUT2D eigenvalue weighted by Gasteiger charge is -2.21. The summed E-state index contributed by atoms with van der Waals surface area (Å²) in [5.74, 6) is 6.21. The van der Waals surface area contributed by atoms with Crippen molar-refractivity contribution in [1.82, 2.24) is 0 Å². The van der Waals surface area contributed by atoms with Gasteiger partial charge in [0, 0.05) is 12.0 Å². The first kappa shape index (κ1) is 14.9. The van der Waals surface area contributed by atoms with Gasteiger partial charge in [-0.15, -0.1) is 0 Å². The van der Waals surface area contributed by atoms with E-state index in [2.05, 4.69) is 11.8 Å². The minimum Gasteiger partial charge on any atom is -0.490 e. The molecule has 3 heteroatoms. The molecule has 1 aliphatic rings. The first-order valence-electron chi connectivity index (χ1n) is 7.31. The van der Waals surface area contributed by atoms with Gasteiger partial charge in [-0.3, -0.25) is 0 Å². The average molecular weight is 276 g/mol. The fourth-order valence-electron chi connectivity index (χ4n) is 2.47. The van der Waals surface area contributed by atoms with Gasteiger partial charge in [-0.1, -0.05) is 31.1 Å². The van der Waals surface area contributed by atoms with Gasteiger partial charge in [0.15, 0.2) is 11.6 Å². The number of ether oxygens (including phenoxy) is 1. The van der Waals surface area contributed by atoms with Crippen LogP contribution in [-0.2, 0) is 0 Å². The van der Waals surface area contributed by atoms with E-state index in [1.54, 1.807) is 12.1 Å². The minimum absolute atomic E-state index is 0.0409. The summed E-state index contributed by atoms with van der Waals surface area (Å²) in [6, 6.07) is 4.66. The molecule has 1 aromatic carbocycles. The van der Waals surface area contributed by atoms with Gasteiger partial charge < -0.3 is 9.84 Å². The van der Waals surface area contributed by atoms with Gasteiger partial charge in [-0.2, -0.15) is 0 Å². The average Bonchev–Trinajstić information content (AvgIpc) is 2.49. The molecule has 2 rings (SSSR count). The predicted molar refractivity (Wildman–Crippen MR) is 77.1 cm³/mol. The molecule has 0 unspecified atom stereocenters. The van der Waals surface area contributed by atoms with Crippen LogP contribution >= 0.6 is 0 Å². The van der Waals surface area contributed by atoms with Crippen LogP contribution in [0.4, 0.5) is 4.39 Å². The van der Waals surface area contributed by atoms with Crippen molar-refractivity contribution >= 4 is 0 Å².